The van der Waals surface area contributed by atoms with E-state index in [4.69, 9.17) is 9.47 Å². The molecular formula is C15H25NO3. The number of hydrogen-bond acceptors (Lipinski definition) is 4. The summed E-state index contributed by atoms with van der Waals surface area (Å²) < 4.78 is 10.2. The molecule has 0 amide bonds. The van der Waals surface area contributed by atoms with E-state index < -0.39 is 6.10 Å². The van der Waals surface area contributed by atoms with Gasteiger partial charge in [0.15, 0.2) is 0 Å². The van der Waals surface area contributed by atoms with Crippen LogP contribution in [0.15, 0.2) is 24.3 Å². The van der Waals surface area contributed by atoms with E-state index >= 15 is 0 Å². The first kappa shape index (κ1) is 16.1. The van der Waals surface area contributed by atoms with Crippen LogP contribution in [0.5, 0.6) is 0 Å². The molecule has 4 nitrogen and oxygen atoms in total. The van der Waals surface area contributed by atoms with Crippen LogP contribution >= 0.6 is 0 Å². The summed E-state index contributed by atoms with van der Waals surface area (Å²) in [5, 5.41) is 9.84. The zero-order valence-corrected chi connectivity index (χ0v) is 12.1. The zero-order chi connectivity index (χ0) is 14.1. The molecule has 0 fully saturated rings. The molecule has 0 aliphatic rings. The van der Waals surface area contributed by atoms with Gasteiger partial charge in [0.1, 0.15) is 0 Å². The summed E-state index contributed by atoms with van der Waals surface area (Å²) in [4.78, 5) is 2.10. The number of aliphatic hydroxyl groups excluding tert-OH is 1. The minimum absolute atomic E-state index is 0.349. The van der Waals surface area contributed by atoms with Crippen LogP contribution < -0.4 is 0 Å². The van der Waals surface area contributed by atoms with Gasteiger partial charge < -0.3 is 14.6 Å². The molecule has 1 unspecified atom stereocenters. The van der Waals surface area contributed by atoms with E-state index in [1.54, 1.807) is 7.11 Å². The average molecular weight is 267 g/mol. The molecular weight excluding hydrogens is 242 g/mol. The number of benzene rings is 1. The normalized spacial score (nSPS) is 12.9. The van der Waals surface area contributed by atoms with Crippen LogP contribution in [0.4, 0.5) is 0 Å². The minimum atomic E-state index is -0.466. The van der Waals surface area contributed by atoms with Gasteiger partial charge in [-0.2, -0.15) is 0 Å². The van der Waals surface area contributed by atoms with Crippen molar-refractivity contribution >= 4 is 0 Å². The lowest BCUT2D eigenvalue weighted by Gasteiger charge is -2.20. The quantitative estimate of drug-likeness (QED) is 0.688. The smallest absolute Gasteiger partial charge is 0.0900 e. The minimum Gasteiger partial charge on any atom is -0.389 e. The molecule has 108 valence electrons. The highest BCUT2D eigenvalue weighted by Gasteiger charge is 2.09. The van der Waals surface area contributed by atoms with Crippen molar-refractivity contribution in [2.75, 3.05) is 40.5 Å². The van der Waals surface area contributed by atoms with Gasteiger partial charge in [0.05, 0.1) is 25.9 Å². The number of aryl methyl sites for hydroxylation is 1. The molecule has 19 heavy (non-hydrogen) atoms. The number of likely N-dealkylation sites (N-methyl/N-ethyl adjacent to an activating group) is 1. The first-order valence-electron chi connectivity index (χ1n) is 6.60. The van der Waals surface area contributed by atoms with Gasteiger partial charge in [-0.3, -0.25) is 4.90 Å². The van der Waals surface area contributed by atoms with Crippen LogP contribution in [0.3, 0.4) is 0 Å². The molecule has 0 radical (unpaired) electrons. The van der Waals surface area contributed by atoms with Gasteiger partial charge in [0, 0.05) is 20.2 Å². The van der Waals surface area contributed by atoms with E-state index in [1.807, 2.05) is 7.05 Å². The van der Waals surface area contributed by atoms with Crippen molar-refractivity contribution in [2.24, 2.45) is 0 Å². The Hall–Kier alpha value is -0.940. The predicted molar refractivity (Wildman–Crippen MR) is 76.2 cm³/mol. The monoisotopic (exact) mass is 267 g/mol. The average Bonchev–Trinajstić information content (AvgIpc) is 2.34. The summed E-state index contributed by atoms with van der Waals surface area (Å²) in [6.07, 6.45) is -0.466. The van der Waals surface area contributed by atoms with Gasteiger partial charge in [-0.05, 0) is 19.5 Å². The Labute approximate surface area is 115 Å². The SMILES string of the molecule is COCCOCC(O)CN(C)Cc1cccc(C)c1. The highest BCUT2D eigenvalue weighted by Crippen LogP contribution is 2.07. The second-order valence-corrected chi connectivity index (χ2v) is 4.91. The molecule has 0 bridgehead atoms. The third kappa shape index (κ3) is 7.28. The molecule has 0 saturated carbocycles. The zero-order valence-electron chi connectivity index (χ0n) is 12.1. The molecule has 1 N–H and O–H groups in total. The number of aliphatic hydroxyl groups is 1. The van der Waals surface area contributed by atoms with Crippen LogP contribution in [0.1, 0.15) is 11.1 Å². The van der Waals surface area contributed by atoms with E-state index in [1.165, 1.54) is 11.1 Å². The maximum atomic E-state index is 9.84. The summed E-state index contributed by atoms with van der Waals surface area (Å²) in [5.74, 6) is 0. The molecule has 1 atom stereocenters. The Morgan fingerprint density at radius 1 is 1.32 bits per heavy atom. The standard InChI is InChI=1S/C15H25NO3/c1-13-5-4-6-14(9-13)10-16(2)11-15(17)12-19-8-7-18-3/h4-6,9,15,17H,7-8,10-12H2,1-3H3. The summed E-state index contributed by atoms with van der Waals surface area (Å²) in [5.41, 5.74) is 2.52. The number of rotatable bonds is 9. The highest BCUT2D eigenvalue weighted by molar-refractivity contribution is 5.21. The first-order valence-corrected chi connectivity index (χ1v) is 6.60. The Bertz CT molecular complexity index is 357. The lowest BCUT2D eigenvalue weighted by atomic mass is 10.1. The molecule has 0 spiro atoms. The summed E-state index contributed by atoms with van der Waals surface area (Å²) in [7, 11) is 3.64. The van der Waals surface area contributed by atoms with Crippen LogP contribution in [0.2, 0.25) is 0 Å². The largest absolute Gasteiger partial charge is 0.389 e. The Balaban J connectivity index is 2.24. The van der Waals surface area contributed by atoms with Gasteiger partial charge in [-0.1, -0.05) is 29.8 Å². The predicted octanol–water partition coefficient (Wildman–Crippen LogP) is 1.45. The van der Waals surface area contributed by atoms with Crippen molar-refractivity contribution in [1.82, 2.24) is 4.90 Å². The second-order valence-electron chi connectivity index (χ2n) is 4.91. The molecule has 4 heteroatoms. The van der Waals surface area contributed by atoms with E-state index in [0.717, 1.165) is 6.54 Å². The Morgan fingerprint density at radius 3 is 2.79 bits per heavy atom. The first-order chi connectivity index (χ1) is 9.11. The molecule has 0 saturated heterocycles. The fraction of sp³-hybridized carbons (Fsp3) is 0.600. The van der Waals surface area contributed by atoms with Crippen LogP contribution in [0.25, 0.3) is 0 Å². The van der Waals surface area contributed by atoms with Crippen molar-refractivity contribution < 1.29 is 14.6 Å². The molecule has 0 aliphatic heterocycles. The molecule has 0 aromatic heterocycles. The molecule has 1 aromatic rings. The maximum Gasteiger partial charge on any atom is 0.0900 e. The van der Waals surface area contributed by atoms with Crippen molar-refractivity contribution in [1.29, 1.82) is 0 Å². The van der Waals surface area contributed by atoms with Crippen molar-refractivity contribution in [3.63, 3.8) is 0 Å². The van der Waals surface area contributed by atoms with Gasteiger partial charge in [-0.15, -0.1) is 0 Å². The van der Waals surface area contributed by atoms with Gasteiger partial charge >= 0.3 is 0 Å². The van der Waals surface area contributed by atoms with Crippen molar-refractivity contribution in [3.8, 4) is 0 Å². The number of nitrogens with zero attached hydrogens (tertiary/aromatic N) is 1. The Kier molecular flexibility index (Phi) is 7.67. The lowest BCUT2D eigenvalue weighted by Crippen LogP contribution is -2.32. The van der Waals surface area contributed by atoms with E-state index in [0.29, 0.717) is 26.4 Å². The lowest BCUT2D eigenvalue weighted by molar-refractivity contribution is 0.00161. The summed E-state index contributed by atoms with van der Waals surface area (Å²) >= 11 is 0. The summed E-state index contributed by atoms with van der Waals surface area (Å²) in [6, 6.07) is 8.41. The molecule has 0 heterocycles. The topological polar surface area (TPSA) is 41.9 Å². The molecule has 1 aromatic carbocycles. The fourth-order valence-electron chi connectivity index (χ4n) is 1.96. The van der Waals surface area contributed by atoms with E-state index in [-0.39, 0.29) is 0 Å². The van der Waals surface area contributed by atoms with Crippen LogP contribution in [-0.4, -0.2) is 56.6 Å². The third-order valence-electron chi connectivity index (χ3n) is 2.80. The van der Waals surface area contributed by atoms with Crippen LogP contribution in [-0.2, 0) is 16.0 Å². The Morgan fingerprint density at radius 2 is 2.11 bits per heavy atom. The molecule has 1 rings (SSSR count). The number of ether oxygens (including phenoxy) is 2. The fourth-order valence-corrected chi connectivity index (χ4v) is 1.96. The molecule has 0 aliphatic carbocycles. The van der Waals surface area contributed by atoms with E-state index in [9.17, 15) is 5.11 Å². The van der Waals surface area contributed by atoms with E-state index in [2.05, 4.69) is 36.1 Å². The highest BCUT2D eigenvalue weighted by atomic mass is 16.5. The third-order valence-corrected chi connectivity index (χ3v) is 2.80. The van der Waals surface area contributed by atoms with Gasteiger partial charge in [-0.25, -0.2) is 0 Å². The van der Waals surface area contributed by atoms with Gasteiger partial charge in [0.25, 0.3) is 0 Å². The maximum absolute atomic E-state index is 9.84. The van der Waals surface area contributed by atoms with Crippen LogP contribution in [0, 0.1) is 6.92 Å². The van der Waals surface area contributed by atoms with Gasteiger partial charge in [0.2, 0.25) is 0 Å². The van der Waals surface area contributed by atoms with Crippen molar-refractivity contribution in [2.45, 2.75) is 19.6 Å². The number of hydrogen-bond donors (Lipinski definition) is 1. The summed E-state index contributed by atoms with van der Waals surface area (Å²) in [6.45, 7) is 4.95. The number of methoxy groups -OCH3 is 1. The second kappa shape index (κ2) is 9.04. The van der Waals surface area contributed by atoms with Crippen molar-refractivity contribution in [3.05, 3.63) is 35.4 Å².